The highest BCUT2D eigenvalue weighted by atomic mass is 19.2. The lowest BCUT2D eigenvalue weighted by Gasteiger charge is -2.09. The fraction of sp³-hybridized carbons (Fsp3) is 0.200. The van der Waals surface area contributed by atoms with Crippen molar-refractivity contribution in [2.45, 2.75) is 6.04 Å². The van der Waals surface area contributed by atoms with E-state index in [1.165, 1.54) is 6.07 Å². The molecule has 1 aromatic carbocycles. The summed E-state index contributed by atoms with van der Waals surface area (Å²) in [6.45, 7) is 0. The Morgan fingerprint density at radius 2 is 2.08 bits per heavy atom. The van der Waals surface area contributed by atoms with Crippen molar-refractivity contribution in [2.24, 2.45) is 0 Å². The quantitative estimate of drug-likeness (QED) is 0.686. The molecule has 0 heterocycles. The Hall–Kier alpha value is -1.40. The summed E-state index contributed by atoms with van der Waals surface area (Å²) in [7, 11) is 1.66. The van der Waals surface area contributed by atoms with Crippen LogP contribution in [0.25, 0.3) is 0 Å². The number of nitrogens with one attached hydrogen (secondary N) is 1. The van der Waals surface area contributed by atoms with Crippen molar-refractivity contribution >= 4 is 0 Å². The Morgan fingerprint density at radius 1 is 1.38 bits per heavy atom. The molecule has 1 aromatic rings. The number of rotatable bonds is 2. The van der Waals surface area contributed by atoms with Crippen LogP contribution in [0.4, 0.5) is 8.78 Å². The molecule has 1 nitrogen and oxygen atoms in total. The molecule has 1 rings (SSSR count). The van der Waals surface area contributed by atoms with Crippen molar-refractivity contribution in [3.05, 3.63) is 35.4 Å². The zero-order valence-electron chi connectivity index (χ0n) is 7.14. The highest BCUT2D eigenvalue weighted by Crippen LogP contribution is 2.14. The monoisotopic (exact) mass is 181 g/mol. The minimum atomic E-state index is -0.881. The third kappa shape index (κ3) is 2.04. The van der Waals surface area contributed by atoms with Crippen LogP contribution >= 0.6 is 0 Å². The van der Waals surface area contributed by atoms with Gasteiger partial charge < -0.3 is 5.32 Å². The van der Waals surface area contributed by atoms with E-state index in [9.17, 15) is 8.78 Å². The van der Waals surface area contributed by atoms with Crippen molar-refractivity contribution in [3.63, 3.8) is 0 Å². The molecule has 0 aliphatic rings. The molecule has 13 heavy (non-hydrogen) atoms. The van der Waals surface area contributed by atoms with Gasteiger partial charge in [-0.3, -0.25) is 0 Å². The molecule has 0 aromatic heterocycles. The lowest BCUT2D eigenvalue weighted by atomic mass is 10.1. The van der Waals surface area contributed by atoms with Gasteiger partial charge in [-0.1, -0.05) is 12.0 Å². The first-order valence-corrected chi connectivity index (χ1v) is 3.77. The van der Waals surface area contributed by atoms with Crippen molar-refractivity contribution in [2.75, 3.05) is 7.05 Å². The van der Waals surface area contributed by atoms with Crippen LogP contribution in [0, 0.1) is 24.0 Å². The summed E-state index contributed by atoms with van der Waals surface area (Å²) < 4.78 is 25.3. The predicted octanol–water partition coefficient (Wildman–Crippen LogP) is 1.86. The molecule has 1 N–H and O–H groups in total. The first-order valence-electron chi connectivity index (χ1n) is 3.77. The maximum absolute atomic E-state index is 12.7. The highest BCUT2D eigenvalue weighted by Gasteiger charge is 2.08. The van der Waals surface area contributed by atoms with E-state index in [0.717, 1.165) is 12.1 Å². The van der Waals surface area contributed by atoms with Crippen molar-refractivity contribution in [3.8, 4) is 12.3 Å². The standard InChI is InChI=1S/C10H9F2N/c1-3-10(13-2)7-4-5-8(11)9(12)6-7/h1,4-6,10,13H,2H3. The van der Waals surface area contributed by atoms with Crippen LogP contribution in [-0.4, -0.2) is 7.05 Å². The van der Waals surface area contributed by atoms with Crippen LogP contribution in [0.3, 0.4) is 0 Å². The molecule has 1 unspecified atom stereocenters. The second-order valence-corrected chi connectivity index (χ2v) is 2.56. The normalized spacial score (nSPS) is 12.2. The zero-order chi connectivity index (χ0) is 9.84. The van der Waals surface area contributed by atoms with Crippen LogP contribution in [0.5, 0.6) is 0 Å². The topological polar surface area (TPSA) is 12.0 Å². The summed E-state index contributed by atoms with van der Waals surface area (Å²) in [4.78, 5) is 0. The van der Waals surface area contributed by atoms with Gasteiger partial charge in [0.25, 0.3) is 0 Å². The molecule has 0 saturated carbocycles. The molecule has 0 spiro atoms. The maximum Gasteiger partial charge on any atom is 0.159 e. The van der Waals surface area contributed by atoms with Crippen molar-refractivity contribution in [1.29, 1.82) is 0 Å². The lowest BCUT2D eigenvalue weighted by molar-refractivity contribution is 0.505. The molecule has 0 amide bonds. The Balaban J connectivity index is 3.04. The Labute approximate surface area is 75.8 Å². The molecule has 0 aliphatic carbocycles. The molecule has 0 aliphatic heterocycles. The van der Waals surface area contributed by atoms with Gasteiger partial charge in [-0.15, -0.1) is 6.42 Å². The fourth-order valence-electron chi connectivity index (χ4n) is 1.04. The second-order valence-electron chi connectivity index (χ2n) is 2.56. The SMILES string of the molecule is C#CC(NC)c1ccc(F)c(F)c1. The number of hydrogen-bond donors (Lipinski definition) is 1. The third-order valence-electron chi connectivity index (χ3n) is 1.73. The van der Waals surface area contributed by atoms with Crippen LogP contribution in [-0.2, 0) is 0 Å². The van der Waals surface area contributed by atoms with E-state index in [2.05, 4.69) is 11.2 Å². The van der Waals surface area contributed by atoms with Gasteiger partial charge in [-0.2, -0.15) is 0 Å². The van der Waals surface area contributed by atoms with Gasteiger partial charge in [-0.05, 0) is 24.7 Å². The maximum atomic E-state index is 12.7. The average Bonchev–Trinajstić information content (AvgIpc) is 2.13. The molecule has 0 radical (unpaired) electrons. The van der Waals surface area contributed by atoms with E-state index in [1.54, 1.807) is 7.05 Å². The van der Waals surface area contributed by atoms with Crippen molar-refractivity contribution < 1.29 is 8.78 Å². The summed E-state index contributed by atoms with van der Waals surface area (Å²) in [5.74, 6) is 0.668. The fourth-order valence-corrected chi connectivity index (χ4v) is 1.04. The predicted molar refractivity (Wildman–Crippen MR) is 47.0 cm³/mol. The minimum absolute atomic E-state index is 0.380. The lowest BCUT2D eigenvalue weighted by Crippen LogP contribution is -2.14. The summed E-state index contributed by atoms with van der Waals surface area (Å²) in [6, 6.07) is 3.23. The van der Waals surface area contributed by atoms with Crippen molar-refractivity contribution in [1.82, 2.24) is 5.32 Å². The van der Waals surface area contributed by atoms with E-state index < -0.39 is 11.6 Å². The average molecular weight is 181 g/mol. The Kier molecular flexibility index (Phi) is 2.99. The summed E-state index contributed by atoms with van der Waals surface area (Å²) in [5.41, 5.74) is 0.545. The van der Waals surface area contributed by atoms with Gasteiger partial charge in [-0.25, -0.2) is 8.78 Å². The molecular weight excluding hydrogens is 172 g/mol. The van der Waals surface area contributed by atoms with Crippen LogP contribution in [0.1, 0.15) is 11.6 Å². The van der Waals surface area contributed by atoms with E-state index in [4.69, 9.17) is 6.42 Å². The van der Waals surface area contributed by atoms with Gasteiger partial charge in [0, 0.05) is 0 Å². The second kappa shape index (κ2) is 4.01. The van der Waals surface area contributed by atoms with Crippen LogP contribution < -0.4 is 5.32 Å². The Morgan fingerprint density at radius 3 is 2.54 bits per heavy atom. The summed E-state index contributed by atoms with van der Waals surface area (Å²) in [6.07, 6.45) is 5.17. The molecular formula is C10H9F2N. The number of halogens is 2. The molecule has 68 valence electrons. The first kappa shape index (κ1) is 9.69. The molecule has 0 fully saturated rings. The van der Waals surface area contributed by atoms with E-state index in [-0.39, 0.29) is 6.04 Å². The van der Waals surface area contributed by atoms with Gasteiger partial charge in [0.2, 0.25) is 0 Å². The van der Waals surface area contributed by atoms with Gasteiger partial charge in [0.05, 0.1) is 6.04 Å². The first-order chi connectivity index (χ1) is 6.19. The summed E-state index contributed by atoms with van der Waals surface area (Å²) >= 11 is 0. The highest BCUT2D eigenvalue weighted by molar-refractivity contribution is 5.26. The largest absolute Gasteiger partial charge is 0.303 e. The smallest absolute Gasteiger partial charge is 0.159 e. The Bertz CT molecular complexity index is 341. The molecule has 0 saturated heterocycles. The van der Waals surface area contributed by atoms with E-state index in [0.29, 0.717) is 5.56 Å². The van der Waals surface area contributed by atoms with E-state index >= 15 is 0 Å². The van der Waals surface area contributed by atoms with Gasteiger partial charge >= 0.3 is 0 Å². The summed E-state index contributed by atoms with van der Waals surface area (Å²) in [5, 5.41) is 2.79. The molecule has 3 heteroatoms. The number of benzene rings is 1. The van der Waals surface area contributed by atoms with Gasteiger partial charge in [0.15, 0.2) is 11.6 Å². The number of terminal acetylenes is 1. The van der Waals surface area contributed by atoms with Gasteiger partial charge in [0.1, 0.15) is 0 Å². The van der Waals surface area contributed by atoms with Crippen LogP contribution in [0.2, 0.25) is 0 Å². The molecule has 1 atom stereocenters. The molecule has 0 bridgehead atoms. The minimum Gasteiger partial charge on any atom is -0.303 e. The number of hydrogen-bond acceptors (Lipinski definition) is 1. The van der Waals surface area contributed by atoms with E-state index in [1.807, 2.05) is 0 Å². The zero-order valence-corrected chi connectivity index (χ0v) is 7.14. The third-order valence-corrected chi connectivity index (χ3v) is 1.73. The van der Waals surface area contributed by atoms with Crippen LogP contribution in [0.15, 0.2) is 18.2 Å².